The molecular formula is C29H28N4O2. The first-order valence-electron chi connectivity index (χ1n) is 11.7. The van der Waals surface area contributed by atoms with Gasteiger partial charge in [-0.2, -0.15) is 5.26 Å². The second kappa shape index (κ2) is 7.71. The fraction of sp³-hybridized carbons (Fsp3) is 0.276. The van der Waals surface area contributed by atoms with Crippen molar-refractivity contribution >= 4 is 23.1 Å². The minimum atomic E-state index is -1.57. The molecule has 6 nitrogen and oxygen atoms in total. The zero-order valence-electron chi connectivity index (χ0n) is 20.3. The van der Waals surface area contributed by atoms with Crippen molar-refractivity contribution in [2.45, 2.75) is 39.0 Å². The van der Waals surface area contributed by atoms with Crippen molar-refractivity contribution in [3.05, 3.63) is 95.0 Å². The van der Waals surface area contributed by atoms with Crippen LogP contribution < -0.4 is 15.5 Å². The van der Waals surface area contributed by atoms with E-state index < -0.39 is 5.41 Å². The molecule has 2 aliphatic heterocycles. The summed E-state index contributed by atoms with van der Waals surface area (Å²) in [6, 6.07) is 17.4. The van der Waals surface area contributed by atoms with Crippen LogP contribution in [-0.4, -0.2) is 18.2 Å². The van der Waals surface area contributed by atoms with Crippen molar-refractivity contribution in [1.29, 1.82) is 5.26 Å². The standard InChI is InChI=1S/C29H28N4O2/c1-5-13-32-22-12-7-6-11-20(22)29(27(32)35)21(17-30)26(31)33(19-10-8-9-18(2)14-19)23-15-28(3,4)16-24(34)25(23)29/h5-12,14H,1,13,15-16,31H2,2-4H3. The fourth-order valence-corrected chi connectivity index (χ4v) is 5.93. The molecule has 5 rings (SSSR count). The third-order valence-corrected chi connectivity index (χ3v) is 7.22. The van der Waals surface area contributed by atoms with Crippen molar-refractivity contribution in [2.24, 2.45) is 11.1 Å². The smallest absolute Gasteiger partial charge is 0.248 e. The first kappa shape index (κ1) is 22.7. The summed E-state index contributed by atoms with van der Waals surface area (Å²) in [4.78, 5) is 31.7. The Morgan fingerprint density at radius 1 is 1.14 bits per heavy atom. The molecule has 0 fully saturated rings. The van der Waals surface area contributed by atoms with Crippen LogP contribution in [0.5, 0.6) is 0 Å². The summed E-state index contributed by atoms with van der Waals surface area (Å²) in [5, 5.41) is 10.5. The largest absolute Gasteiger partial charge is 0.384 e. The van der Waals surface area contributed by atoms with Crippen molar-refractivity contribution in [2.75, 3.05) is 16.3 Å². The zero-order chi connectivity index (χ0) is 25.1. The number of hydrogen-bond donors (Lipinski definition) is 1. The number of allylic oxidation sites excluding steroid dienone is 1. The summed E-state index contributed by atoms with van der Waals surface area (Å²) in [5.74, 6) is -0.272. The van der Waals surface area contributed by atoms with Gasteiger partial charge in [-0.1, -0.05) is 50.3 Å². The van der Waals surface area contributed by atoms with Crippen molar-refractivity contribution in [3.63, 3.8) is 0 Å². The highest BCUT2D eigenvalue weighted by atomic mass is 16.2. The van der Waals surface area contributed by atoms with Gasteiger partial charge in [0.05, 0.1) is 5.57 Å². The van der Waals surface area contributed by atoms with Gasteiger partial charge in [0.15, 0.2) is 5.78 Å². The second-order valence-electron chi connectivity index (χ2n) is 10.3. The van der Waals surface area contributed by atoms with Crippen LogP contribution in [0.15, 0.2) is 83.9 Å². The number of nitriles is 1. The van der Waals surface area contributed by atoms with Gasteiger partial charge in [-0.05, 0) is 42.5 Å². The molecule has 2 aromatic carbocycles. The molecule has 0 saturated heterocycles. The van der Waals surface area contributed by atoms with Crippen LogP contribution >= 0.6 is 0 Å². The highest BCUT2D eigenvalue weighted by Gasteiger charge is 2.63. The molecule has 1 aliphatic carbocycles. The van der Waals surface area contributed by atoms with Crippen LogP contribution in [-0.2, 0) is 15.0 Å². The molecule has 2 N–H and O–H groups in total. The summed E-state index contributed by atoms with van der Waals surface area (Å²) in [6.45, 7) is 10.1. The van der Waals surface area contributed by atoms with Gasteiger partial charge in [0.25, 0.3) is 0 Å². The van der Waals surface area contributed by atoms with Gasteiger partial charge < -0.3 is 10.6 Å². The molecule has 0 aromatic heterocycles. The van der Waals surface area contributed by atoms with Crippen molar-refractivity contribution in [3.8, 4) is 6.07 Å². The van der Waals surface area contributed by atoms with Gasteiger partial charge in [0, 0.05) is 41.2 Å². The monoisotopic (exact) mass is 464 g/mol. The Hall–Kier alpha value is -4.11. The third kappa shape index (κ3) is 3.01. The number of nitrogens with two attached hydrogens (primary N) is 1. The predicted molar refractivity (Wildman–Crippen MR) is 136 cm³/mol. The summed E-state index contributed by atoms with van der Waals surface area (Å²) in [6.07, 6.45) is 2.47. The molecule has 1 unspecified atom stereocenters. The Labute approximate surface area is 205 Å². The van der Waals surface area contributed by atoms with Gasteiger partial charge in [0.1, 0.15) is 17.3 Å². The lowest BCUT2D eigenvalue weighted by Crippen LogP contribution is -2.53. The molecule has 3 aliphatic rings. The lowest BCUT2D eigenvalue weighted by atomic mass is 9.60. The predicted octanol–water partition coefficient (Wildman–Crippen LogP) is 4.62. The first-order valence-corrected chi connectivity index (χ1v) is 11.7. The van der Waals surface area contributed by atoms with E-state index in [4.69, 9.17) is 5.73 Å². The first-order chi connectivity index (χ1) is 16.7. The van der Waals surface area contributed by atoms with E-state index in [1.807, 2.05) is 74.2 Å². The fourth-order valence-electron chi connectivity index (χ4n) is 5.93. The Morgan fingerprint density at radius 3 is 2.57 bits per heavy atom. The Balaban J connectivity index is 1.91. The maximum atomic E-state index is 14.3. The molecule has 176 valence electrons. The van der Waals surface area contributed by atoms with Crippen molar-refractivity contribution < 1.29 is 9.59 Å². The van der Waals surface area contributed by atoms with Crippen LogP contribution in [0.25, 0.3) is 0 Å². The molecule has 0 saturated carbocycles. The molecule has 35 heavy (non-hydrogen) atoms. The number of amides is 1. The van der Waals surface area contributed by atoms with Crippen LogP contribution in [0.2, 0.25) is 0 Å². The zero-order valence-corrected chi connectivity index (χ0v) is 20.3. The Morgan fingerprint density at radius 2 is 1.89 bits per heavy atom. The quantitative estimate of drug-likeness (QED) is 0.669. The average molecular weight is 465 g/mol. The number of nitrogens with zero attached hydrogens (tertiary/aromatic N) is 3. The van der Waals surface area contributed by atoms with E-state index in [0.717, 1.165) is 11.3 Å². The highest BCUT2D eigenvalue weighted by Crippen LogP contribution is 2.58. The summed E-state index contributed by atoms with van der Waals surface area (Å²) in [5.41, 5.74) is 9.14. The van der Waals surface area contributed by atoms with E-state index in [-0.39, 0.29) is 41.5 Å². The van der Waals surface area contributed by atoms with Crippen LogP contribution in [0, 0.1) is 23.7 Å². The number of ketones is 1. The Kier molecular flexibility index (Phi) is 4.99. The topological polar surface area (TPSA) is 90.4 Å². The number of para-hydroxylation sites is 1. The van der Waals surface area contributed by atoms with E-state index in [2.05, 4.69) is 12.6 Å². The van der Waals surface area contributed by atoms with E-state index >= 15 is 0 Å². The third-order valence-electron chi connectivity index (χ3n) is 7.22. The molecule has 6 heteroatoms. The Bertz CT molecular complexity index is 1410. The van der Waals surface area contributed by atoms with Gasteiger partial charge in [0.2, 0.25) is 5.91 Å². The molecule has 1 amide bonds. The molecule has 1 spiro atoms. The number of aryl methyl sites for hydroxylation is 1. The van der Waals surface area contributed by atoms with Crippen LogP contribution in [0.4, 0.5) is 11.4 Å². The minimum Gasteiger partial charge on any atom is -0.384 e. The van der Waals surface area contributed by atoms with E-state index in [9.17, 15) is 14.9 Å². The second-order valence-corrected chi connectivity index (χ2v) is 10.3. The molecular weight excluding hydrogens is 436 g/mol. The maximum Gasteiger partial charge on any atom is 0.248 e. The number of Topliss-reactive ketones (excluding diaryl/α,β-unsaturated/α-hetero) is 1. The summed E-state index contributed by atoms with van der Waals surface area (Å²) < 4.78 is 0. The molecule has 0 radical (unpaired) electrons. The van der Waals surface area contributed by atoms with Gasteiger partial charge in [-0.15, -0.1) is 6.58 Å². The number of carbonyl (C=O) groups is 2. The normalized spacial score (nSPS) is 22.9. The van der Waals surface area contributed by atoms with E-state index in [1.165, 1.54) is 0 Å². The maximum absolute atomic E-state index is 14.3. The molecule has 2 heterocycles. The lowest BCUT2D eigenvalue weighted by molar-refractivity contribution is -0.125. The summed E-state index contributed by atoms with van der Waals surface area (Å²) >= 11 is 0. The van der Waals surface area contributed by atoms with Gasteiger partial charge in [-0.3, -0.25) is 14.5 Å². The lowest BCUT2D eigenvalue weighted by Gasteiger charge is -2.47. The number of benzene rings is 2. The van der Waals surface area contributed by atoms with E-state index in [0.29, 0.717) is 28.9 Å². The number of anilines is 2. The number of hydrogen-bond acceptors (Lipinski definition) is 5. The van der Waals surface area contributed by atoms with Gasteiger partial charge >= 0.3 is 0 Å². The molecule has 1 atom stereocenters. The highest BCUT2D eigenvalue weighted by molar-refractivity contribution is 6.21. The van der Waals surface area contributed by atoms with E-state index in [1.54, 1.807) is 11.0 Å². The minimum absolute atomic E-state index is 0.0924. The van der Waals surface area contributed by atoms with Gasteiger partial charge in [-0.25, -0.2) is 0 Å². The average Bonchev–Trinajstić information content (AvgIpc) is 3.02. The summed E-state index contributed by atoms with van der Waals surface area (Å²) in [7, 11) is 0. The van der Waals surface area contributed by atoms with Crippen LogP contribution in [0.1, 0.15) is 37.8 Å². The van der Waals surface area contributed by atoms with Crippen molar-refractivity contribution in [1.82, 2.24) is 0 Å². The van der Waals surface area contributed by atoms with Crippen LogP contribution in [0.3, 0.4) is 0 Å². The number of rotatable bonds is 3. The molecule has 0 bridgehead atoms. The SMILES string of the molecule is C=CCN1C(=O)C2(C(C#N)=C(N)N(c3cccc(C)c3)C3=C2C(=O)CC(C)(C)C3)c2ccccc21. The number of fused-ring (bicyclic) bond motifs is 3. The number of carbonyl (C=O) groups excluding carboxylic acids is 2. The molecule has 2 aromatic rings.